The Hall–Kier alpha value is -2.15. The van der Waals surface area contributed by atoms with Crippen LogP contribution < -0.4 is 5.32 Å². The minimum absolute atomic E-state index is 0. The van der Waals surface area contributed by atoms with Gasteiger partial charge in [-0.2, -0.15) is 10.4 Å². The first-order chi connectivity index (χ1) is 11.0. The quantitative estimate of drug-likeness (QED) is 0.448. The smallest absolute Gasteiger partial charge is 0.193 e. The van der Waals surface area contributed by atoms with Crippen LogP contribution >= 0.6 is 24.0 Å². The molecule has 0 bridgehead atoms. The molecule has 1 N–H and O–H groups in total. The lowest BCUT2D eigenvalue weighted by Gasteiger charge is -2.21. The standard InChI is InChI=1S/C16H19FN6.HI/c1-19-16(22(2)10-13-8-21-23(3)11-13)20-9-14-6-12(7-18)4-5-15(14)17;/h4-6,8,11H,9-10H2,1-3H3,(H,19,20);1H. The van der Waals surface area contributed by atoms with E-state index in [0.29, 0.717) is 23.6 Å². The van der Waals surface area contributed by atoms with E-state index in [1.165, 1.54) is 18.2 Å². The summed E-state index contributed by atoms with van der Waals surface area (Å²) in [6, 6.07) is 6.31. The van der Waals surface area contributed by atoms with Crippen molar-refractivity contribution in [1.29, 1.82) is 5.26 Å². The predicted molar refractivity (Wildman–Crippen MR) is 101 cm³/mol. The Kier molecular flexibility index (Phi) is 7.64. The largest absolute Gasteiger partial charge is 0.352 e. The second-order valence-electron chi connectivity index (χ2n) is 5.20. The first kappa shape index (κ1) is 19.9. The number of benzene rings is 1. The van der Waals surface area contributed by atoms with Crippen molar-refractivity contribution < 1.29 is 4.39 Å². The number of hydrogen-bond acceptors (Lipinski definition) is 3. The molecule has 0 radical (unpaired) electrons. The Morgan fingerprint density at radius 1 is 1.50 bits per heavy atom. The minimum Gasteiger partial charge on any atom is -0.352 e. The zero-order valence-electron chi connectivity index (χ0n) is 13.8. The van der Waals surface area contributed by atoms with E-state index in [4.69, 9.17) is 5.26 Å². The third-order valence-electron chi connectivity index (χ3n) is 3.36. The number of guanidine groups is 1. The van der Waals surface area contributed by atoms with Crippen LogP contribution in [0.25, 0.3) is 0 Å². The molecule has 2 rings (SSSR count). The normalized spacial score (nSPS) is 10.7. The summed E-state index contributed by atoms with van der Waals surface area (Å²) in [5, 5.41) is 16.1. The van der Waals surface area contributed by atoms with Crippen molar-refractivity contribution in [2.45, 2.75) is 13.1 Å². The zero-order valence-corrected chi connectivity index (χ0v) is 16.2. The van der Waals surface area contributed by atoms with E-state index in [1.54, 1.807) is 17.9 Å². The van der Waals surface area contributed by atoms with Crippen LogP contribution in [0, 0.1) is 17.1 Å². The summed E-state index contributed by atoms with van der Waals surface area (Å²) in [6.07, 6.45) is 3.72. The van der Waals surface area contributed by atoms with Gasteiger partial charge in [-0.1, -0.05) is 0 Å². The van der Waals surface area contributed by atoms with Crippen molar-refractivity contribution >= 4 is 29.9 Å². The second-order valence-corrected chi connectivity index (χ2v) is 5.20. The Morgan fingerprint density at radius 3 is 2.83 bits per heavy atom. The van der Waals surface area contributed by atoms with Crippen molar-refractivity contribution in [2.75, 3.05) is 14.1 Å². The number of nitrogens with zero attached hydrogens (tertiary/aromatic N) is 5. The topological polar surface area (TPSA) is 69.2 Å². The lowest BCUT2D eigenvalue weighted by molar-refractivity contribution is 0.475. The summed E-state index contributed by atoms with van der Waals surface area (Å²) in [5.74, 6) is 0.289. The molecule has 0 atom stereocenters. The first-order valence-corrected chi connectivity index (χ1v) is 7.11. The van der Waals surface area contributed by atoms with Gasteiger partial charge in [0.1, 0.15) is 5.82 Å². The maximum Gasteiger partial charge on any atom is 0.193 e. The number of rotatable bonds is 4. The van der Waals surface area contributed by atoms with E-state index in [2.05, 4.69) is 15.4 Å². The molecule has 2 aromatic rings. The average molecular weight is 442 g/mol. The van der Waals surface area contributed by atoms with Crippen LogP contribution in [-0.4, -0.2) is 34.7 Å². The number of halogens is 2. The Balaban J connectivity index is 0.00000288. The average Bonchev–Trinajstić information content (AvgIpc) is 2.94. The highest BCUT2D eigenvalue weighted by molar-refractivity contribution is 14.0. The highest BCUT2D eigenvalue weighted by Gasteiger charge is 2.10. The molecule has 0 spiro atoms. The van der Waals surface area contributed by atoms with Crippen LogP contribution in [0.4, 0.5) is 4.39 Å². The van der Waals surface area contributed by atoms with Gasteiger partial charge in [0.25, 0.3) is 0 Å². The fourth-order valence-electron chi connectivity index (χ4n) is 2.24. The Labute approximate surface area is 158 Å². The van der Waals surface area contributed by atoms with Gasteiger partial charge in [-0.05, 0) is 18.2 Å². The van der Waals surface area contributed by atoms with Gasteiger partial charge < -0.3 is 10.2 Å². The second kappa shape index (κ2) is 9.22. The summed E-state index contributed by atoms with van der Waals surface area (Å²) in [7, 11) is 5.43. The van der Waals surface area contributed by atoms with Gasteiger partial charge >= 0.3 is 0 Å². The third kappa shape index (κ3) is 5.19. The molecule has 0 saturated heterocycles. The maximum atomic E-state index is 13.8. The van der Waals surface area contributed by atoms with Crippen LogP contribution in [0.15, 0.2) is 35.6 Å². The van der Waals surface area contributed by atoms with Gasteiger partial charge in [-0.15, -0.1) is 24.0 Å². The fraction of sp³-hybridized carbons (Fsp3) is 0.312. The number of aryl methyl sites for hydroxylation is 1. The van der Waals surface area contributed by atoms with Crippen molar-refractivity contribution in [1.82, 2.24) is 20.0 Å². The van der Waals surface area contributed by atoms with Gasteiger partial charge in [0.2, 0.25) is 0 Å². The molecule has 8 heteroatoms. The summed E-state index contributed by atoms with van der Waals surface area (Å²) in [5.41, 5.74) is 1.91. The Bertz CT molecular complexity index is 749. The van der Waals surface area contributed by atoms with Crippen LogP contribution in [0.5, 0.6) is 0 Å². The van der Waals surface area contributed by atoms with Gasteiger partial charge in [0.15, 0.2) is 5.96 Å². The number of nitrogens with one attached hydrogen (secondary N) is 1. The highest BCUT2D eigenvalue weighted by atomic mass is 127. The maximum absolute atomic E-state index is 13.8. The molecule has 0 saturated carbocycles. The molecule has 0 unspecified atom stereocenters. The molecule has 6 nitrogen and oxygen atoms in total. The SMILES string of the molecule is CN=C(NCc1cc(C#N)ccc1F)N(C)Cc1cnn(C)c1.I. The summed E-state index contributed by atoms with van der Waals surface area (Å²) < 4.78 is 15.5. The van der Waals surface area contributed by atoms with Gasteiger partial charge in [0.05, 0.1) is 17.8 Å². The van der Waals surface area contributed by atoms with Crippen LogP contribution in [0.1, 0.15) is 16.7 Å². The highest BCUT2D eigenvalue weighted by Crippen LogP contribution is 2.10. The predicted octanol–water partition coefficient (Wildman–Crippen LogP) is 2.26. The van der Waals surface area contributed by atoms with Gasteiger partial charge in [0, 0.05) is 51.6 Å². The van der Waals surface area contributed by atoms with E-state index in [9.17, 15) is 4.39 Å². The van der Waals surface area contributed by atoms with Crippen molar-refractivity contribution in [3.05, 3.63) is 53.1 Å². The summed E-state index contributed by atoms with van der Waals surface area (Å²) >= 11 is 0. The van der Waals surface area contributed by atoms with Gasteiger partial charge in [-0.25, -0.2) is 4.39 Å². The number of hydrogen-bond donors (Lipinski definition) is 1. The van der Waals surface area contributed by atoms with Crippen LogP contribution in [-0.2, 0) is 20.1 Å². The summed E-state index contributed by atoms with van der Waals surface area (Å²) in [6.45, 7) is 0.889. The molecule has 0 aliphatic rings. The van der Waals surface area contributed by atoms with Crippen molar-refractivity contribution in [3.8, 4) is 6.07 Å². The third-order valence-corrected chi connectivity index (χ3v) is 3.36. The molecule has 1 aromatic carbocycles. The lowest BCUT2D eigenvalue weighted by Crippen LogP contribution is -2.38. The molecule has 0 amide bonds. The fourth-order valence-corrected chi connectivity index (χ4v) is 2.24. The van der Waals surface area contributed by atoms with Crippen molar-refractivity contribution in [3.63, 3.8) is 0 Å². The van der Waals surface area contributed by atoms with E-state index in [-0.39, 0.29) is 36.3 Å². The molecule has 0 aliphatic heterocycles. The van der Waals surface area contributed by atoms with E-state index >= 15 is 0 Å². The minimum atomic E-state index is -0.345. The number of aliphatic imine (C=N–C) groups is 1. The molecule has 0 aliphatic carbocycles. The molecule has 128 valence electrons. The monoisotopic (exact) mass is 442 g/mol. The zero-order chi connectivity index (χ0) is 16.8. The molecule has 1 aromatic heterocycles. The molecule has 24 heavy (non-hydrogen) atoms. The number of nitriles is 1. The van der Waals surface area contributed by atoms with Gasteiger partial charge in [-0.3, -0.25) is 9.67 Å². The molecule has 1 heterocycles. The van der Waals surface area contributed by atoms with E-state index in [1.807, 2.05) is 31.3 Å². The van der Waals surface area contributed by atoms with E-state index < -0.39 is 0 Å². The Morgan fingerprint density at radius 2 is 2.25 bits per heavy atom. The molecular formula is C16H20FIN6. The van der Waals surface area contributed by atoms with Crippen LogP contribution in [0.2, 0.25) is 0 Å². The molecular weight excluding hydrogens is 422 g/mol. The first-order valence-electron chi connectivity index (χ1n) is 7.11. The van der Waals surface area contributed by atoms with E-state index in [0.717, 1.165) is 5.56 Å². The van der Waals surface area contributed by atoms with Crippen molar-refractivity contribution in [2.24, 2.45) is 12.0 Å². The lowest BCUT2D eigenvalue weighted by atomic mass is 10.1. The summed E-state index contributed by atoms with van der Waals surface area (Å²) in [4.78, 5) is 6.11. The molecule has 0 fully saturated rings. The number of aromatic nitrogens is 2. The van der Waals surface area contributed by atoms with Crippen LogP contribution in [0.3, 0.4) is 0 Å².